The van der Waals surface area contributed by atoms with Crippen molar-refractivity contribution in [2.45, 2.75) is 46.6 Å². The molecule has 0 spiro atoms. The maximum atomic E-state index is 13.4. The molecule has 38 heavy (non-hydrogen) atoms. The van der Waals surface area contributed by atoms with E-state index in [1.54, 1.807) is 21.7 Å². The lowest BCUT2D eigenvalue weighted by atomic mass is 10.1. The third-order valence-corrected chi connectivity index (χ3v) is 6.42. The average molecular weight is 517 g/mol. The molecule has 11 heteroatoms. The van der Waals surface area contributed by atoms with Gasteiger partial charge in [-0.2, -0.15) is 5.10 Å². The molecule has 5 rings (SSSR count). The number of carbonyl (C=O) groups is 2. The second-order valence-corrected chi connectivity index (χ2v) is 10.4. The minimum Gasteiger partial charge on any atom is -0.444 e. The summed E-state index contributed by atoms with van der Waals surface area (Å²) in [6, 6.07) is 7.41. The zero-order chi connectivity index (χ0) is 27.0. The molecule has 1 aliphatic heterocycles. The van der Waals surface area contributed by atoms with E-state index in [2.05, 4.69) is 30.5 Å². The third kappa shape index (κ3) is 5.09. The van der Waals surface area contributed by atoms with Crippen LogP contribution >= 0.6 is 0 Å². The van der Waals surface area contributed by atoms with Crippen molar-refractivity contribution >= 4 is 40.1 Å². The van der Waals surface area contributed by atoms with Gasteiger partial charge in [-0.3, -0.25) is 4.79 Å². The summed E-state index contributed by atoms with van der Waals surface area (Å²) in [7, 11) is 0. The summed E-state index contributed by atoms with van der Waals surface area (Å²) in [5, 5.41) is 16.6. The van der Waals surface area contributed by atoms with E-state index in [4.69, 9.17) is 4.74 Å². The normalized spacial score (nSPS) is 14.2. The van der Waals surface area contributed by atoms with Gasteiger partial charge in [0.05, 0.1) is 23.7 Å². The van der Waals surface area contributed by atoms with Crippen LogP contribution in [0.4, 0.5) is 16.3 Å². The molecule has 1 fully saturated rings. The molecular formula is C27H32N8O3. The molecule has 0 unspecified atom stereocenters. The Morgan fingerprint density at radius 1 is 1.11 bits per heavy atom. The molecule has 198 valence electrons. The molecule has 1 aromatic carbocycles. The van der Waals surface area contributed by atoms with Gasteiger partial charge in [-0.1, -0.05) is 6.92 Å². The summed E-state index contributed by atoms with van der Waals surface area (Å²) in [5.41, 5.74) is 3.97. The maximum Gasteiger partial charge on any atom is 0.410 e. The van der Waals surface area contributed by atoms with Crippen LogP contribution in [0.2, 0.25) is 0 Å². The van der Waals surface area contributed by atoms with E-state index in [1.165, 1.54) is 0 Å². The Balaban J connectivity index is 1.38. The minimum atomic E-state index is -0.531. The van der Waals surface area contributed by atoms with Crippen LogP contribution in [0.25, 0.3) is 16.6 Å². The molecule has 1 N–H and O–H groups in total. The number of amides is 2. The number of nitrogens with one attached hydrogen (secondary N) is 1. The average Bonchev–Trinajstić information content (AvgIpc) is 3.26. The van der Waals surface area contributed by atoms with Crippen LogP contribution < -0.4 is 10.2 Å². The van der Waals surface area contributed by atoms with Gasteiger partial charge in [-0.15, -0.1) is 10.2 Å². The van der Waals surface area contributed by atoms with Gasteiger partial charge in [0.1, 0.15) is 11.1 Å². The van der Waals surface area contributed by atoms with E-state index in [0.717, 1.165) is 34.4 Å². The van der Waals surface area contributed by atoms with Crippen LogP contribution in [0.1, 0.15) is 49.3 Å². The zero-order valence-corrected chi connectivity index (χ0v) is 22.4. The Kier molecular flexibility index (Phi) is 6.60. The molecular weight excluding hydrogens is 484 g/mol. The molecule has 1 aliphatic rings. The topological polar surface area (TPSA) is 118 Å². The Morgan fingerprint density at radius 3 is 2.58 bits per heavy atom. The van der Waals surface area contributed by atoms with Crippen molar-refractivity contribution in [3.05, 3.63) is 53.5 Å². The quantitative estimate of drug-likeness (QED) is 0.435. The Hall–Kier alpha value is -4.28. The number of imidazole rings is 1. The number of rotatable bonds is 4. The SMILES string of the molecule is CCc1cc(NC(=O)c2ccc(N3CCN(C(=O)OC(C)(C)C)CC3)c3ccnnc23)nn2cc(C)nc12. The van der Waals surface area contributed by atoms with Gasteiger partial charge >= 0.3 is 6.09 Å². The smallest absolute Gasteiger partial charge is 0.410 e. The van der Waals surface area contributed by atoms with Crippen LogP contribution in [0.15, 0.2) is 36.7 Å². The number of hydrogen-bond donors (Lipinski definition) is 1. The van der Waals surface area contributed by atoms with Gasteiger partial charge in [0.15, 0.2) is 11.5 Å². The second kappa shape index (κ2) is 9.88. The van der Waals surface area contributed by atoms with Crippen LogP contribution in [0.5, 0.6) is 0 Å². The van der Waals surface area contributed by atoms with Crippen molar-refractivity contribution in [2.75, 3.05) is 36.4 Å². The highest BCUT2D eigenvalue weighted by Gasteiger charge is 2.27. The number of ether oxygens (including phenoxy) is 1. The number of carbonyl (C=O) groups excluding carboxylic acids is 2. The second-order valence-electron chi connectivity index (χ2n) is 10.4. The minimum absolute atomic E-state index is 0.302. The van der Waals surface area contributed by atoms with Crippen molar-refractivity contribution < 1.29 is 14.3 Å². The van der Waals surface area contributed by atoms with Gasteiger partial charge < -0.3 is 19.9 Å². The monoisotopic (exact) mass is 516 g/mol. The zero-order valence-electron chi connectivity index (χ0n) is 22.4. The van der Waals surface area contributed by atoms with Gasteiger partial charge in [-0.05, 0) is 58.4 Å². The summed E-state index contributed by atoms with van der Waals surface area (Å²) < 4.78 is 7.21. The van der Waals surface area contributed by atoms with E-state index in [0.29, 0.717) is 43.1 Å². The van der Waals surface area contributed by atoms with Gasteiger partial charge in [-0.25, -0.2) is 14.3 Å². The molecule has 0 bridgehead atoms. The first-order valence-corrected chi connectivity index (χ1v) is 12.8. The summed E-state index contributed by atoms with van der Waals surface area (Å²) in [6.45, 7) is 11.9. The van der Waals surface area contributed by atoms with Crippen molar-refractivity contribution in [3.63, 3.8) is 0 Å². The van der Waals surface area contributed by atoms with Crippen molar-refractivity contribution in [1.82, 2.24) is 29.7 Å². The first kappa shape index (κ1) is 25.4. The molecule has 2 amide bonds. The predicted molar refractivity (Wildman–Crippen MR) is 145 cm³/mol. The molecule has 4 aromatic rings. The van der Waals surface area contributed by atoms with Gasteiger partial charge in [0, 0.05) is 42.8 Å². The first-order valence-electron chi connectivity index (χ1n) is 12.8. The number of aryl methyl sites for hydroxylation is 2. The standard InChI is InChI=1S/C27H32N8O3/c1-6-18-15-22(32-35-16-17(2)29-24(18)35)30-25(36)20-7-8-21(19-9-10-28-31-23(19)20)33-11-13-34(14-12-33)26(37)38-27(3,4)5/h7-10,15-16H,6,11-14H2,1-5H3,(H,30,32,36). The lowest BCUT2D eigenvalue weighted by Crippen LogP contribution is -2.50. The molecule has 4 heterocycles. The predicted octanol–water partition coefficient (Wildman–Crippen LogP) is 3.85. The maximum absolute atomic E-state index is 13.4. The van der Waals surface area contributed by atoms with E-state index in [9.17, 15) is 9.59 Å². The highest BCUT2D eigenvalue weighted by Crippen LogP contribution is 2.29. The van der Waals surface area contributed by atoms with Crippen molar-refractivity contribution in [2.24, 2.45) is 0 Å². The Morgan fingerprint density at radius 2 is 1.87 bits per heavy atom. The molecule has 0 radical (unpaired) electrons. The van der Waals surface area contributed by atoms with E-state index in [-0.39, 0.29) is 12.0 Å². The van der Waals surface area contributed by atoms with Crippen molar-refractivity contribution in [3.8, 4) is 0 Å². The molecule has 0 atom stereocenters. The molecule has 1 saturated heterocycles. The Labute approximate surface area is 220 Å². The number of fused-ring (bicyclic) bond motifs is 2. The number of piperazine rings is 1. The van der Waals surface area contributed by atoms with Gasteiger partial charge in [0.2, 0.25) is 0 Å². The fourth-order valence-electron chi connectivity index (χ4n) is 4.64. The fourth-order valence-corrected chi connectivity index (χ4v) is 4.64. The van der Waals surface area contributed by atoms with Crippen LogP contribution in [0.3, 0.4) is 0 Å². The van der Waals surface area contributed by atoms with Crippen LogP contribution in [-0.2, 0) is 11.2 Å². The van der Waals surface area contributed by atoms with E-state index < -0.39 is 5.60 Å². The summed E-state index contributed by atoms with van der Waals surface area (Å²) in [5.74, 6) is 0.124. The number of nitrogens with zero attached hydrogens (tertiary/aromatic N) is 7. The largest absolute Gasteiger partial charge is 0.444 e. The molecule has 3 aromatic heterocycles. The number of hydrogen-bond acceptors (Lipinski definition) is 8. The molecule has 0 saturated carbocycles. The fraction of sp³-hybridized carbons (Fsp3) is 0.407. The summed E-state index contributed by atoms with van der Waals surface area (Å²) in [4.78, 5) is 34.3. The molecule has 0 aliphatic carbocycles. The lowest BCUT2D eigenvalue weighted by Gasteiger charge is -2.37. The highest BCUT2D eigenvalue weighted by molar-refractivity contribution is 6.13. The Bertz CT molecular complexity index is 1520. The van der Waals surface area contributed by atoms with E-state index >= 15 is 0 Å². The van der Waals surface area contributed by atoms with Crippen LogP contribution in [0, 0.1) is 6.92 Å². The summed E-state index contributed by atoms with van der Waals surface area (Å²) in [6.07, 6.45) is 3.91. The summed E-state index contributed by atoms with van der Waals surface area (Å²) >= 11 is 0. The van der Waals surface area contributed by atoms with E-state index in [1.807, 2.05) is 59.0 Å². The van der Waals surface area contributed by atoms with Crippen LogP contribution in [-0.4, -0.2) is 73.5 Å². The number of anilines is 2. The number of aromatic nitrogens is 5. The van der Waals surface area contributed by atoms with Gasteiger partial charge in [0.25, 0.3) is 5.91 Å². The third-order valence-electron chi connectivity index (χ3n) is 6.42. The first-order chi connectivity index (χ1) is 18.1. The van der Waals surface area contributed by atoms with Crippen molar-refractivity contribution in [1.29, 1.82) is 0 Å². The lowest BCUT2D eigenvalue weighted by molar-refractivity contribution is 0.0240. The highest BCUT2D eigenvalue weighted by atomic mass is 16.6. The number of benzene rings is 1. The molecule has 11 nitrogen and oxygen atoms in total.